The Morgan fingerprint density at radius 3 is 2.68 bits per heavy atom. The fourth-order valence-electron chi connectivity index (χ4n) is 3.83. The van der Waals surface area contributed by atoms with Gasteiger partial charge in [-0.05, 0) is 42.3 Å². The minimum atomic E-state index is -0.301. The number of thiazole rings is 1. The van der Waals surface area contributed by atoms with Crippen molar-refractivity contribution in [2.24, 2.45) is 0 Å². The standard InChI is InChI=1S/C23H19N3O4S/c27-20(6-3-10-26-21(28)16-4-1-2-5-17(16)22(26)29)25-23-24-18(13-31-23)14-7-8-19-15(12-14)9-11-30-19/h1-2,4-5,7-8,12-13H,3,6,9-11H2,(H,24,25,27). The van der Waals surface area contributed by atoms with Gasteiger partial charge in [0.1, 0.15) is 5.75 Å². The molecule has 0 aliphatic carbocycles. The predicted molar refractivity (Wildman–Crippen MR) is 116 cm³/mol. The highest BCUT2D eigenvalue weighted by atomic mass is 32.1. The van der Waals surface area contributed by atoms with Gasteiger partial charge in [0.25, 0.3) is 11.8 Å². The number of anilines is 1. The number of imide groups is 1. The average molecular weight is 433 g/mol. The zero-order chi connectivity index (χ0) is 21.4. The molecule has 2 aromatic carbocycles. The van der Waals surface area contributed by atoms with Crippen molar-refractivity contribution in [3.8, 4) is 17.0 Å². The first-order chi connectivity index (χ1) is 15.1. The summed E-state index contributed by atoms with van der Waals surface area (Å²) in [6.07, 6.45) is 1.48. The topological polar surface area (TPSA) is 88.6 Å². The quantitative estimate of drug-likeness (QED) is 0.598. The highest BCUT2D eigenvalue weighted by molar-refractivity contribution is 7.14. The van der Waals surface area contributed by atoms with E-state index in [0.29, 0.717) is 29.3 Å². The number of nitrogens with zero attached hydrogens (tertiary/aromatic N) is 2. The number of aromatic nitrogens is 1. The molecule has 2 aliphatic rings. The number of amides is 3. The van der Waals surface area contributed by atoms with Crippen LogP contribution in [-0.2, 0) is 11.2 Å². The van der Waals surface area contributed by atoms with Gasteiger partial charge in [-0.15, -0.1) is 11.3 Å². The number of carbonyl (C=O) groups excluding carboxylic acids is 3. The number of fused-ring (bicyclic) bond motifs is 2. The van der Waals surface area contributed by atoms with Gasteiger partial charge in [-0.3, -0.25) is 19.3 Å². The second-order valence-corrected chi connectivity index (χ2v) is 8.28. The van der Waals surface area contributed by atoms with Crippen LogP contribution in [0.25, 0.3) is 11.3 Å². The molecule has 8 heteroatoms. The molecule has 7 nitrogen and oxygen atoms in total. The molecule has 0 bridgehead atoms. The van der Waals surface area contributed by atoms with E-state index in [2.05, 4.69) is 16.4 Å². The third kappa shape index (κ3) is 3.70. The van der Waals surface area contributed by atoms with Crippen LogP contribution in [0.3, 0.4) is 0 Å². The Hall–Kier alpha value is -3.52. The minimum absolute atomic E-state index is 0.193. The van der Waals surface area contributed by atoms with E-state index in [1.54, 1.807) is 24.3 Å². The van der Waals surface area contributed by atoms with Gasteiger partial charge in [0.2, 0.25) is 5.91 Å². The second-order valence-electron chi connectivity index (χ2n) is 7.42. The lowest BCUT2D eigenvalue weighted by Crippen LogP contribution is -2.31. The van der Waals surface area contributed by atoms with Gasteiger partial charge in [0, 0.05) is 30.3 Å². The predicted octanol–water partition coefficient (Wildman–Crippen LogP) is 3.76. The summed E-state index contributed by atoms with van der Waals surface area (Å²) in [5, 5.41) is 5.24. The largest absolute Gasteiger partial charge is 0.493 e. The smallest absolute Gasteiger partial charge is 0.261 e. The zero-order valence-corrected chi connectivity index (χ0v) is 17.4. The van der Waals surface area contributed by atoms with Crippen molar-refractivity contribution in [3.63, 3.8) is 0 Å². The Bertz CT molecular complexity index is 1170. The highest BCUT2D eigenvalue weighted by Crippen LogP contribution is 2.32. The molecule has 1 N–H and O–H groups in total. The number of benzene rings is 2. The Morgan fingerprint density at radius 1 is 1.13 bits per heavy atom. The highest BCUT2D eigenvalue weighted by Gasteiger charge is 2.34. The molecule has 156 valence electrons. The summed E-state index contributed by atoms with van der Waals surface area (Å²) >= 11 is 1.36. The first-order valence-electron chi connectivity index (χ1n) is 10.1. The van der Waals surface area contributed by atoms with Gasteiger partial charge in [0.05, 0.1) is 23.4 Å². The molecule has 3 heterocycles. The van der Waals surface area contributed by atoms with Gasteiger partial charge in [-0.25, -0.2) is 4.98 Å². The van der Waals surface area contributed by atoms with E-state index >= 15 is 0 Å². The Kier molecular flexibility index (Phi) is 4.99. The first-order valence-corrected chi connectivity index (χ1v) is 10.9. The van der Waals surface area contributed by atoms with Gasteiger partial charge < -0.3 is 10.1 Å². The second kappa shape index (κ2) is 7.96. The maximum absolute atomic E-state index is 12.4. The molecule has 0 unspecified atom stereocenters. The van der Waals surface area contributed by atoms with E-state index < -0.39 is 0 Å². The average Bonchev–Trinajstić information content (AvgIpc) is 3.49. The number of rotatable bonds is 6. The van der Waals surface area contributed by atoms with Crippen molar-refractivity contribution in [2.45, 2.75) is 19.3 Å². The van der Waals surface area contributed by atoms with Crippen molar-refractivity contribution < 1.29 is 19.1 Å². The van der Waals surface area contributed by atoms with Gasteiger partial charge >= 0.3 is 0 Å². The summed E-state index contributed by atoms with van der Waals surface area (Å²) in [4.78, 5) is 42.8. The van der Waals surface area contributed by atoms with Crippen molar-refractivity contribution in [1.29, 1.82) is 0 Å². The summed E-state index contributed by atoms with van der Waals surface area (Å²) in [5.41, 5.74) is 3.81. The van der Waals surface area contributed by atoms with E-state index in [-0.39, 0.29) is 30.7 Å². The molecule has 0 fully saturated rings. The van der Waals surface area contributed by atoms with Crippen LogP contribution >= 0.6 is 11.3 Å². The summed E-state index contributed by atoms with van der Waals surface area (Å²) in [7, 11) is 0. The van der Waals surface area contributed by atoms with Crippen molar-refractivity contribution in [1.82, 2.24) is 9.88 Å². The zero-order valence-electron chi connectivity index (χ0n) is 16.6. The Morgan fingerprint density at radius 2 is 1.90 bits per heavy atom. The molecule has 3 aromatic rings. The third-order valence-corrected chi connectivity index (χ3v) is 6.16. The fourth-order valence-corrected chi connectivity index (χ4v) is 4.57. The molecule has 31 heavy (non-hydrogen) atoms. The van der Waals surface area contributed by atoms with E-state index in [0.717, 1.165) is 23.4 Å². The lowest BCUT2D eigenvalue weighted by molar-refractivity contribution is -0.116. The van der Waals surface area contributed by atoms with E-state index in [1.165, 1.54) is 21.8 Å². The number of hydrogen-bond acceptors (Lipinski definition) is 6. The fraction of sp³-hybridized carbons (Fsp3) is 0.217. The molecule has 0 spiro atoms. The number of ether oxygens (including phenoxy) is 1. The molecule has 0 atom stereocenters. The first kappa shape index (κ1) is 19.4. The van der Waals surface area contributed by atoms with Crippen LogP contribution in [0.5, 0.6) is 5.75 Å². The van der Waals surface area contributed by atoms with Gasteiger partial charge in [0.15, 0.2) is 5.13 Å². The van der Waals surface area contributed by atoms with Crippen molar-refractivity contribution in [2.75, 3.05) is 18.5 Å². The summed E-state index contributed by atoms with van der Waals surface area (Å²) < 4.78 is 5.53. The van der Waals surface area contributed by atoms with Crippen LogP contribution in [0, 0.1) is 0 Å². The van der Waals surface area contributed by atoms with Crippen LogP contribution in [-0.4, -0.2) is 40.8 Å². The van der Waals surface area contributed by atoms with E-state index in [9.17, 15) is 14.4 Å². The number of hydrogen-bond donors (Lipinski definition) is 1. The SMILES string of the molecule is O=C(CCCN1C(=O)c2ccccc2C1=O)Nc1nc(-c2ccc3c(c2)CCO3)cs1. The molecule has 0 radical (unpaired) electrons. The Labute approximate surface area is 182 Å². The summed E-state index contributed by atoms with van der Waals surface area (Å²) in [6, 6.07) is 12.8. The van der Waals surface area contributed by atoms with E-state index in [1.807, 2.05) is 17.5 Å². The molecule has 1 aromatic heterocycles. The molecule has 5 rings (SSSR count). The normalized spacial score (nSPS) is 14.4. The Balaban J connectivity index is 1.15. The summed E-state index contributed by atoms with van der Waals surface area (Å²) in [5.74, 6) is 0.126. The third-order valence-electron chi connectivity index (χ3n) is 5.40. The van der Waals surface area contributed by atoms with Crippen LogP contribution in [0.15, 0.2) is 47.8 Å². The summed E-state index contributed by atoms with van der Waals surface area (Å²) in [6.45, 7) is 0.915. The lowest BCUT2D eigenvalue weighted by Gasteiger charge is -2.13. The lowest BCUT2D eigenvalue weighted by atomic mass is 10.1. The molecule has 2 aliphatic heterocycles. The monoisotopic (exact) mass is 433 g/mol. The van der Waals surface area contributed by atoms with E-state index in [4.69, 9.17) is 4.74 Å². The van der Waals surface area contributed by atoms with Gasteiger partial charge in [-0.2, -0.15) is 0 Å². The van der Waals surface area contributed by atoms with Gasteiger partial charge in [-0.1, -0.05) is 12.1 Å². The number of nitrogens with one attached hydrogen (secondary N) is 1. The van der Waals surface area contributed by atoms with Crippen molar-refractivity contribution in [3.05, 3.63) is 64.5 Å². The van der Waals surface area contributed by atoms with Crippen LogP contribution < -0.4 is 10.1 Å². The molecular weight excluding hydrogens is 414 g/mol. The van der Waals surface area contributed by atoms with Crippen molar-refractivity contribution >= 4 is 34.2 Å². The van der Waals surface area contributed by atoms with Crippen LogP contribution in [0.1, 0.15) is 39.1 Å². The maximum Gasteiger partial charge on any atom is 0.261 e. The van der Waals surface area contributed by atoms with Crippen LogP contribution in [0.2, 0.25) is 0 Å². The minimum Gasteiger partial charge on any atom is -0.493 e. The molecule has 3 amide bonds. The maximum atomic E-state index is 12.4. The molecule has 0 saturated heterocycles. The number of carbonyl (C=O) groups is 3. The van der Waals surface area contributed by atoms with Crippen LogP contribution in [0.4, 0.5) is 5.13 Å². The molecular formula is C23H19N3O4S. The molecule has 0 saturated carbocycles.